The van der Waals surface area contributed by atoms with Crippen molar-refractivity contribution in [3.05, 3.63) is 57.0 Å². The van der Waals surface area contributed by atoms with Crippen molar-refractivity contribution in [1.82, 2.24) is 14.9 Å². The number of carbonyl (C=O) groups excluding carboxylic acids is 1. The summed E-state index contributed by atoms with van der Waals surface area (Å²) in [6.45, 7) is 12.1. The first-order valence-electron chi connectivity index (χ1n) is 11.8. The van der Waals surface area contributed by atoms with Crippen molar-refractivity contribution in [1.29, 1.82) is 0 Å². The minimum atomic E-state index is -0.763. The number of fused-ring (bicyclic) bond motifs is 3. The highest BCUT2D eigenvalue weighted by molar-refractivity contribution is 5.89. The fourth-order valence-corrected chi connectivity index (χ4v) is 5.03. The van der Waals surface area contributed by atoms with Crippen LogP contribution in [0.3, 0.4) is 0 Å². The highest BCUT2D eigenvalue weighted by Gasteiger charge is 2.35. The Morgan fingerprint density at radius 1 is 1.18 bits per heavy atom. The third kappa shape index (κ3) is 5.19. The van der Waals surface area contributed by atoms with Gasteiger partial charge in [0.05, 0.1) is 11.5 Å². The summed E-state index contributed by atoms with van der Waals surface area (Å²) in [4.78, 5) is 36.7. The molecule has 1 atom stereocenters. The zero-order chi connectivity index (χ0) is 24.6. The van der Waals surface area contributed by atoms with E-state index in [0.29, 0.717) is 11.7 Å². The molecule has 1 aromatic heterocycles. The number of ether oxygens (including phenoxy) is 1. The van der Waals surface area contributed by atoms with Crippen LogP contribution < -0.4 is 4.90 Å². The van der Waals surface area contributed by atoms with Gasteiger partial charge in [-0.25, -0.2) is 14.8 Å². The Morgan fingerprint density at radius 2 is 1.82 bits per heavy atom. The largest absolute Gasteiger partial charge is 0.443 e. The Balaban J connectivity index is 1.65. The summed E-state index contributed by atoms with van der Waals surface area (Å²) in [6.07, 6.45) is 1.80. The smallest absolute Gasteiger partial charge is 0.416 e. The number of hydrogen-bond donors (Lipinski definition) is 0. The van der Waals surface area contributed by atoms with Crippen LogP contribution in [0.4, 0.5) is 16.3 Å². The van der Waals surface area contributed by atoms with Crippen molar-refractivity contribution in [3.63, 3.8) is 0 Å². The molecule has 5 rings (SSSR count). The van der Waals surface area contributed by atoms with E-state index < -0.39 is 16.6 Å². The maximum atomic E-state index is 13.2. The first-order valence-corrected chi connectivity index (χ1v) is 11.8. The SMILES string of the molecule is Cc1nc(C)c([N+](=O)[O-])c(N(Cc2ccc(C3CN4CCC3CC4)cc2)C(=O)OC(C)(C)C)n1. The summed E-state index contributed by atoms with van der Waals surface area (Å²) < 4.78 is 5.59. The summed E-state index contributed by atoms with van der Waals surface area (Å²) in [5.41, 5.74) is 1.31. The van der Waals surface area contributed by atoms with E-state index in [1.807, 2.05) is 12.1 Å². The molecule has 9 heteroatoms. The van der Waals surface area contributed by atoms with E-state index in [0.717, 1.165) is 18.0 Å². The molecule has 2 aromatic rings. The molecule has 1 amide bonds. The lowest BCUT2D eigenvalue weighted by Gasteiger charge is -2.45. The van der Waals surface area contributed by atoms with E-state index in [1.54, 1.807) is 34.6 Å². The van der Waals surface area contributed by atoms with Crippen LogP contribution in [-0.2, 0) is 11.3 Å². The molecular weight excluding hydrogens is 434 g/mol. The average molecular weight is 468 g/mol. The predicted octanol–water partition coefficient (Wildman–Crippen LogP) is 4.75. The highest BCUT2D eigenvalue weighted by atomic mass is 16.6. The van der Waals surface area contributed by atoms with Crippen molar-refractivity contribution in [2.75, 3.05) is 24.5 Å². The van der Waals surface area contributed by atoms with Gasteiger partial charge in [-0.3, -0.25) is 15.0 Å². The molecule has 9 nitrogen and oxygen atoms in total. The Labute approximate surface area is 200 Å². The van der Waals surface area contributed by atoms with Crippen molar-refractivity contribution in [2.45, 2.75) is 65.5 Å². The third-order valence-corrected chi connectivity index (χ3v) is 6.61. The summed E-state index contributed by atoms with van der Waals surface area (Å²) in [5, 5.41) is 11.8. The molecule has 3 saturated heterocycles. The summed E-state index contributed by atoms with van der Waals surface area (Å²) in [6, 6.07) is 8.24. The lowest BCUT2D eigenvalue weighted by molar-refractivity contribution is -0.385. The summed E-state index contributed by atoms with van der Waals surface area (Å²) >= 11 is 0. The summed E-state index contributed by atoms with van der Waals surface area (Å²) in [7, 11) is 0. The number of piperidine rings is 3. The van der Waals surface area contributed by atoms with E-state index in [9.17, 15) is 14.9 Å². The quantitative estimate of drug-likeness (QED) is 0.462. The van der Waals surface area contributed by atoms with Crippen LogP contribution in [-0.4, -0.2) is 51.1 Å². The van der Waals surface area contributed by atoms with Crippen molar-refractivity contribution in [3.8, 4) is 0 Å². The lowest BCUT2D eigenvalue weighted by Crippen LogP contribution is -2.46. The Hall–Kier alpha value is -3.07. The number of benzene rings is 1. The number of aromatic nitrogens is 2. The van der Waals surface area contributed by atoms with Crippen molar-refractivity contribution >= 4 is 17.6 Å². The fraction of sp³-hybridized carbons (Fsp3) is 0.560. The highest BCUT2D eigenvalue weighted by Crippen LogP contribution is 2.39. The molecule has 0 N–H and O–H groups in total. The number of nitrogens with zero attached hydrogens (tertiary/aromatic N) is 5. The summed E-state index contributed by atoms with van der Waals surface area (Å²) in [5.74, 6) is 1.56. The molecule has 3 fully saturated rings. The number of carbonyl (C=O) groups is 1. The molecule has 2 bridgehead atoms. The van der Waals surface area contributed by atoms with Gasteiger partial charge in [0, 0.05) is 6.54 Å². The maximum absolute atomic E-state index is 13.2. The minimum absolute atomic E-state index is 0.0503. The van der Waals surface area contributed by atoms with Crippen LogP contribution >= 0.6 is 0 Å². The predicted molar refractivity (Wildman–Crippen MR) is 129 cm³/mol. The van der Waals surface area contributed by atoms with Gasteiger partial charge >= 0.3 is 11.8 Å². The number of hydrogen-bond acceptors (Lipinski definition) is 7. The second-order valence-electron chi connectivity index (χ2n) is 10.3. The Bertz CT molecular complexity index is 1070. The molecule has 182 valence electrons. The fourth-order valence-electron chi connectivity index (χ4n) is 5.03. The zero-order valence-electron chi connectivity index (χ0n) is 20.6. The van der Waals surface area contributed by atoms with Gasteiger partial charge in [-0.15, -0.1) is 0 Å². The first-order chi connectivity index (χ1) is 16.0. The number of amides is 1. The van der Waals surface area contributed by atoms with Gasteiger partial charge in [0.2, 0.25) is 5.82 Å². The van der Waals surface area contributed by atoms with E-state index >= 15 is 0 Å². The number of anilines is 1. The van der Waals surface area contributed by atoms with E-state index in [2.05, 4.69) is 27.0 Å². The first kappa shape index (κ1) is 24.1. The van der Waals surface area contributed by atoms with Gasteiger partial charge < -0.3 is 9.64 Å². The van der Waals surface area contributed by atoms with Crippen LogP contribution in [0.2, 0.25) is 0 Å². The monoisotopic (exact) mass is 467 g/mol. The van der Waals surface area contributed by atoms with Crippen LogP contribution in [0.1, 0.15) is 62.2 Å². The van der Waals surface area contributed by atoms with Gasteiger partial charge in [0.25, 0.3) is 0 Å². The molecule has 3 aliphatic heterocycles. The lowest BCUT2D eigenvalue weighted by atomic mass is 9.75. The second kappa shape index (κ2) is 9.29. The standard InChI is InChI=1S/C25H33N5O4/c1-16-22(30(32)33)23(27-17(2)26-16)29(24(31)34-25(3,4)5)14-18-6-8-19(9-7-18)21-15-28-12-10-20(21)11-13-28/h6-9,20-21H,10-15H2,1-5H3. The number of rotatable bonds is 5. The molecule has 0 aliphatic carbocycles. The molecule has 3 aliphatic rings. The molecule has 0 spiro atoms. The van der Waals surface area contributed by atoms with Crippen LogP contribution in [0.25, 0.3) is 0 Å². The molecular formula is C25H33N5O4. The third-order valence-electron chi connectivity index (χ3n) is 6.61. The molecule has 1 unspecified atom stereocenters. The molecule has 0 saturated carbocycles. The van der Waals surface area contributed by atoms with Gasteiger partial charge in [-0.05, 0) is 83.5 Å². The van der Waals surface area contributed by atoms with Crippen LogP contribution in [0.5, 0.6) is 0 Å². The Kier molecular flexibility index (Phi) is 6.58. The van der Waals surface area contributed by atoms with Gasteiger partial charge in [0.1, 0.15) is 17.1 Å². The number of aryl methyl sites for hydroxylation is 2. The van der Waals surface area contributed by atoms with Crippen molar-refractivity contribution < 1.29 is 14.5 Å². The molecule has 0 radical (unpaired) electrons. The second-order valence-corrected chi connectivity index (χ2v) is 10.3. The number of nitro groups is 1. The zero-order valence-corrected chi connectivity index (χ0v) is 20.6. The maximum Gasteiger partial charge on any atom is 0.416 e. The van der Waals surface area contributed by atoms with E-state index in [1.165, 1.54) is 36.4 Å². The van der Waals surface area contributed by atoms with E-state index in [-0.39, 0.29) is 23.7 Å². The molecule has 1 aromatic carbocycles. The van der Waals surface area contributed by atoms with Gasteiger partial charge in [-0.2, -0.15) is 0 Å². The van der Waals surface area contributed by atoms with Gasteiger partial charge in [-0.1, -0.05) is 24.3 Å². The van der Waals surface area contributed by atoms with Crippen molar-refractivity contribution in [2.24, 2.45) is 5.92 Å². The van der Waals surface area contributed by atoms with Crippen LogP contribution in [0, 0.1) is 29.9 Å². The topological polar surface area (TPSA) is 102 Å². The van der Waals surface area contributed by atoms with Crippen LogP contribution in [0.15, 0.2) is 24.3 Å². The Morgan fingerprint density at radius 3 is 2.35 bits per heavy atom. The molecule has 4 heterocycles. The average Bonchev–Trinajstić information content (AvgIpc) is 2.76. The minimum Gasteiger partial charge on any atom is -0.443 e. The normalized spacial score (nSPS) is 21.9. The van der Waals surface area contributed by atoms with E-state index in [4.69, 9.17) is 4.74 Å². The van der Waals surface area contributed by atoms with Gasteiger partial charge in [0.15, 0.2) is 0 Å². The molecule has 34 heavy (non-hydrogen) atoms.